The molecule has 0 aliphatic carbocycles. The Morgan fingerprint density at radius 1 is 1.31 bits per heavy atom. The van der Waals surface area contributed by atoms with Crippen LogP contribution in [0.4, 0.5) is 5.95 Å². The van der Waals surface area contributed by atoms with Crippen molar-refractivity contribution in [2.24, 2.45) is 0 Å². The van der Waals surface area contributed by atoms with Crippen molar-refractivity contribution in [2.75, 3.05) is 18.0 Å². The van der Waals surface area contributed by atoms with Crippen LogP contribution in [0.5, 0.6) is 0 Å². The molecule has 0 unspecified atom stereocenters. The average molecular weight is 212 g/mol. The van der Waals surface area contributed by atoms with Crippen molar-refractivity contribution in [3.63, 3.8) is 0 Å². The molecule has 0 fully saturated rings. The van der Waals surface area contributed by atoms with Crippen LogP contribution in [0.2, 0.25) is 0 Å². The molecule has 0 saturated carbocycles. The predicted molar refractivity (Wildman–Crippen MR) is 62.2 cm³/mol. The molecule has 0 saturated heterocycles. The number of nitrogens with zero attached hydrogens (tertiary/aromatic N) is 4. The van der Waals surface area contributed by atoms with Gasteiger partial charge in [-0.3, -0.25) is 0 Å². The second-order valence-electron chi connectivity index (χ2n) is 3.95. The number of anilines is 1. The molecule has 1 aromatic carbocycles. The SMILES string of the molecule is N#CCCN1CCn2c1nc1ccccc12. The first-order valence-electron chi connectivity index (χ1n) is 5.47. The zero-order chi connectivity index (χ0) is 11.0. The Bertz CT molecular complexity index is 564. The van der Waals surface area contributed by atoms with Crippen LogP contribution >= 0.6 is 0 Å². The number of hydrogen-bond donors (Lipinski definition) is 0. The average Bonchev–Trinajstić information content (AvgIpc) is 2.85. The molecule has 16 heavy (non-hydrogen) atoms. The van der Waals surface area contributed by atoms with Gasteiger partial charge in [0.1, 0.15) is 0 Å². The molecular formula is C12H12N4. The molecule has 80 valence electrons. The molecule has 0 bridgehead atoms. The molecule has 4 heteroatoms. The van der Waals surface area contributed by atoms with Crippen molar-refractivity contribution in [2.45, 2.75) is 13.0 Å². The van der Waals surface area contributed by atoms with Gasteiger partial charge in [-0.25, -0.2) is 4.98 Å². The lowest BCUT2D eigenvalue weighted by atomic mass is 10.3. The van der Waals surface area contributed by atoms with Crippen LogP contribution in [-0.2, 0) is 6.54 Å². The standard InChI is InChI=1S/C12H12N4/c13-6-3-7-15-8-9-16-11-5-2-1-4-10(11)14-12(15)16/h1-2,4-5H,3,7-9H2. The number of rotatable bonds is 2. The van der Waals surface area contributed by atoms with Gasteiger partial charge in [0.15, 0.2) is 0 Å². The summed E-state index contributed by atoms with van der Waals surface area (Å²) >= 11 is 0. The zero-order valence-corrected chi connectivity index (χ0v) is 8.93. The summed E-state index contributed by atoms with van der Waals surface area (Å²) in [5, 5.41) is 8.61. The molecule has 3 rings (SSSR count). The van der Waals surface area contributed by atoms with Gasteiger partial charge in [0.05, 0.1) is 23.5 Å². The van der Waals surface area contributed by atoms with Crippen LogP contribution in [0, 0.1) is 11.3 Å². The smallest absolute Gasteiger partial charge is 0.206 e. The van der Waals surface area contributed by atoms with Gasteiger partial charge in [-0.2, -0.15) is 5.26 Å². The van der Waals surface area contributed by atoms with Crippen LogP contribution < -0.4 is 4.90 Å². The van der Waals surface area contributed by atoms with Crippen molar-refractivity contribution >= 4 is 17.0 Å². The third kappa shape index (κ3) is 1.25. The summed E-state index contributed by atoms with van der Waals surface area (Å²) in [6.07, 6.45) is 0.559. The highest BCUT2D eigenvalue weighted by atomic mass is 15.4. The Kier molecular flexibility index (Phi) is 2.03. The van der Waals surface area contributed by atoms with E-state index < -0.39 is 0 Å². The van der Waals surface area contributed by atoms with Gasteiger partial charge >= 0.3 is 0 Å². The van der Waals surface area contributed by atoms with Gasteiger partial charge in [-0.1, -0.05) is 12.1 Å². The van der Waals surface area contributed by atoms with Crippen molar-refractivity contribution in [1.29, 1.82) is 5.26 Å². The molecule has 1 aliphatic rings. The summed E-state index contributed by atoms with van der Waals surface area (Å²) in [7, 11) is 0. The lowest BCUT2D eigenvalue weighted by Crippen LogP contribution is -2.21. The minimum absolute atomic E-state index is 0.559. The molecular weight excluding hydrogens is 200 g/mol. The number of nitriles is 1. The van der Waals surface area contributed by atoms with E-state index in [1.165, 1.54) is 5.52 Å². The molecule has 0 N–H and O–H groups in total. The van der Waals surface area contributed by atoms with Crippen LogP contribution in [0.3, 0.4) is 0 Å². The Hall–Kier alpha value is -2.02. The summed E-state index contributed by atoms with van der Waals surface area (Å²) in [4.78, 5) is 6.79. The molecule has 0 amide bonds. The second-order valence-corrected chi connectivity index (χ2v) is 3.95. The molecule has 1 aliphatic heterocycles. The van der Waals surface area contributed by atoms with Crippen LogP contribution in [0.15, 0.2) is 24.3 Å². The first-order valence-corrected chi connectivity index (χ1v) is 5.47. The van der Waals surface area contributed by atoms with Gasteiger partial charge in [0.25, 0.3) is 0 Å². The van der Waals surface area contributed by atoms with Crippen molar-refractivity contribution in [1.82, 2.24) is 9.55 Å². The molecule has 1 aromatic heterocycles. The minimum atomic E-state index is 0.559. The predicted octanol–water partition coefficient (Wildman–Crippen LogP) is 1.77. The maximum Gasteiger partial charge on any atom is 0.206 e. The molecule has 0 radical (unpaired) electrons. The maximum atomic E-state index is 8.61. The number of benzene rings is 1. The number of para-hydroxylation sites is 2. The van der Waals surface area contributed by atoms with E-state index in [9.17, 15) is 0 Å². The lowest BCUT2D eigenvalue weighted by Gasteiger charge is -2.12. The van der Waals surface area contributed by atoms with Crippen molar-refractivity contribution in [3.8, 4) is 6.07 Å². The van der Waals surface area contributed by atoms with E-state index in [0.717, 1.165) is 31.1 Å². The zero-order valence-electron chi connectivity index (χ0n) is 8.93. The third-order valence-electron chi connectivity index (χ3n) is 3.00. The second kappa shape index (κ2) is 3.53. The van der Waals surface area contributed by atoms with Gasteiger partial charge < -0.3 is 9.47 Å². The van der Waals surface area contributed by atoms with Gasteiger partial charge in [-0.05, 0) is 12.1 Å². The van der Waals surface area contributed by atoms with Gasteiger partial charge in [0, 0.05) is 19.6 Å². The Morgan fingerprint density at radius 2 is 2.19 bits per heavy atom. The molecule has 0 spiro atoms. The van der Waals surface area contributed by atoms with Gasteiger partial charge in [0.2, 0.25) is 5.95 Å². The molecule has 2 heterocycles. The number of fused-ring (bicyclic) bond motifs is 3. The van der Waals surface area contributed by atoms with Gasteiger partial charge in [-0.15, -0.1) is 0 Å². The monoisotopic (exact) mass is 212 g/mol. The number of hydrogen-bond acceptors (Lipinski definition) is 3. The van der Waals surface area contributed by atoms with Crippen molar-refractivity contribution in [3.05, 3.63) is 24.3 Å². The largest absolute Gasteiger partial charge is 0.339 e. The first-order chi connectivity index (χ1) is 7.90. The summed E-state index contributed by atoms with van der Waals surface area (Å²) in [5.41, 5.74) is 2.23. The lowest BCUT2D eigenvalue weighted by molar-refractivity contribution is 0.784. The fourth-order valence-electron chi connectivity index (χ4n) is 2.24. The quantitative estimate of drug-likeness (QED) is 0.762. The van der Waals surface area contributed by atoms with Crippen molar-refractivity contribution < 1.29 is 0 Å². The van der Waals surface area contributed by atoms with Crippen LogP contribution in [0.1, 0.15) is 6.42 Å². The van der Waals surface area contributed by atoms with E-state index in [0.29, 0.717) is 6.42 Å². The Labute approximate surface area is 93.7 Å². The Balaban J connectivity index is 2.03. The maximum absolute atomic E-state index is 8.61. The normalized spacial score (nSPS) is 14.1. The highest BCUT2D eigenvalue weighted by Gasteiger charge is 2.22. The van der Waals surface area contributed by atoms with Crippen LogP contribution in [0.25, 0.3) is 11.0 Å². The summed E-state index contributed by atoms with van der Waals surface area (Å²) in [6.45, 7) is 2.72. The first kappa shape index (κ1) is 9.22. The minimum Gasteiger partial charge on any atom is -0.339 e. The topological polar surface area (TPSA) is 44.9 Å². The highest BCUT2D eigenvalue weighted by molar-refractivity contribution is 5.79. The molecule has 4 nitrogen and oxygen atoms in total. The van der Waals surface area contributed by atoms with E-state index >= 15 is 0 Å². The molecule has 0 atom stereocenters. The third-order valence-corrected chi connectivity index (χ3v) is 3.00. The summed E-state index contributed by atoms with van der Waals surface area (Å²) in [6, 6.07) is 10.3. The Morgan fingerprint density at radius 3 is 3.06 bits per heavy atom. The van der Waals surface area contributed by atoms with E-state index in [-0.39, 0.29) is 0 Å². The van der Waals surface area contributed by atoms with E-state index in [1.807, 2.05) is 18.2 Å². The van der Waals surface area contributed by atoms with Crippen LogP contribution in [-0.4, -0.2) is 22.6 Å². The molecule has 2 aromatic rings. The highest BCUT2D eigenvalue weighted by Crippen LogP contribution is 2.26. The number of imidazole rings is 1. The van der Waals surface area contributed by atoms with E-state index in [2.05, 4.69) is 26.6 Å². The van der Waals surface area contributed by atoms with E-state index in [4.69, 9.17) is 5.26 Å². The number of aromatic nitrogens is 2. The fourth-order valence-corrected chi connectivity index (χ4v) is 2.24. The fraction of sp³-hybridized carbons (Fsp3) is 0.333. The van der Waals surface area contributed by atoms with E-state index in [1.54, 1.807) is 0 Å². The summed E-state index contributed by atoms with van der Waals surface area (Å²) in [5.74, 6) is 1.01. The summed E-state index contributed by atoms with van der Waals surface area (Å²) < 4.78 is 2.23.